The number of halogens is 1. The molecule has 0 spiro atoms. The molecule has 0 bridgehead atoms. The van der Waals surface area contributed by atoms with Crippen LogP contribution in [0.3, 0.4) is 0 Å². The van der Waals surface area contributed by atoms with E-state index in [-0.39, 0.29) is 4.90 Å². The van der Waals surface area contributed by atoms with Crippen molar-refractivity contribution in [2.45, 2.75) is 17.9 Å². The van der Waals surface area contributed by atoms with Gasteiger partial charge >= 0.3 is 0 Å². The second-order valence-electron chi connectivity index (χ2n) is 6.05. The first-order chi connectivity index (χ1) is 13.8. The van der Waals surface area contributed by atoms with E-state index in [1.807, 2.05) is 0 Å². The lowest BCUT2D eigenvalue weighted by Crippen LogP contribution is -2.30. The molecule has 0 saturated heterocycles. The van der Waals surface area contributed by atoms with E-state index in [9.17, 15) is 13.2 Å². The van der Waals surface area contributed by atoms with Crippen LogP contribution in [0.1, 0.15) is 6.92 Å². The predicted octanol–water partition coefficient (Wildman–Crippen LogP) is 3.94. The highest BCUT2D eigenvalue weighted by Crippen LogP contribution is 2.24. The van der Waals surface area contributed by atoms with Gasteiger partial charge in [-0.2, -0.15) is 0 Å². The lowest BCUT2D eigenvalue weighted by molar-refractivity contribution is -0.122. The van der Waals surface area contributed by atoms with Crippen molar-refractivity contribution in [3.8, 4) is 5.75 Å². The predicted molar refractivity (Wildman–Crippen MR) is 112 cm³/mol. The van der Waals surface area contributed by atoms with Crippen LogP contribution in [0.25, 0.3) is 0 Å². The Labute approximate surface area is 173 Å². The Morgan fingerprint density at radius 3 is 2.41 bits per heavy atom. The number of amides is 1. The number of nitrogens with one attached hydrogen (secondary N) is 2. The van der Waals surface area contributed by atoms with Crippen molar-refractivity contribution in [2.75, 3.05) is 10.0 Å². The molecule has 3 aromatic rings. The molecular weight excluding hydrogens is 414 g/mol. The summed E-state index contributed by atoms with van der Waals surface area (Å²) in [6.45, 7) is 1.59. The number of pyridine rings is 1. The smallest absolute Gasteiger partial charge is 0.265 e. The maximum atomic E-state index is 12.4. The first-order valence-electron chi connectivity index (χ1n) is 8.60. The molecule has 2 N–H and O–H groups in total. The van der Waals surface area contributed by atoms with Crippen LogP contribution in [-0.2, 0) is 14.8 Å². The highest BCUT2D eigenvalue weighted by molar-refractivity contribution is 7.92. The van der Waals surface area contributed by atoms with Crippen LogP contribution in [0.4, 0.5) is 11.4 Å². The molecule has 9 heteroatoms. The number of rotatable bonds is 7. The standard InChI is InChI=1S/C20H18ClN3O4S/c1-14(28-19-7-3-2-6-18(19)21)20(25)23-15-8-10-17(11-9-15)29(26,27)24-16-5-4-12-22-13-16/h2-14,24H,1H3,(H,23,25). The first-order valence-corrected chi connectivity index (χ1v) is 10.5. The minimum atomic E-state index is -3.76. The van der Waals surface area contributed by atoms with Crippen LogP contribution in [0.5, 0.6) is 5.75 Å². The summed E-state index contributed by atoms with van der Waals surface area (Å²) in [7, 11) is -3.76. The van der Waals surface area contributed by atoms with Crippen molar-refractivity contribution in [2.24, 2.45) is 0 Å². The number of nitrogens with zero attached hydrogens (tertiary/aromatic N) is 1. The maximum absolute atomic E-state index is 12.4. The minimum absolute atomic E-state index is 0.0553. The summed E-state index contributed by atoms with van der Waals surface area (Å²) >= 11 is 6.03. The molecule has 150 valence electrons. The van der Waals surface area contributed by atoms with Gasteiger partial charge in [0.15, 0.2) is 6.10 Å². The van der Waals surface area contributed by atoms with Gasteiger partial charge < -0.3 is 10.1 Å². The third kappa shape index (κ3) is 5.46. The topological polar surface area (TPSA) is 97.4 Å². The number of anilines is 2. The molecule has 0 aliphatic carbocycles. The fraction of sp³-hybridized carbons (Fsp3) is 0.100. The van der Waals surface area contributed by atoms with Crippen molar-refractivity contribution >= 4 is 38.9 Å². The van der Waals surface area contributed by atoms with Crippen molar-refractivity contribution in [1.29, 1.82) is 0 Å². The summed E-state index contributed by atoms with van der Waals surface area (Å²) in [6.07, 6.45) is 2.16. The lowest BCUT2D eigenvalue weighted by atomic mass is 10.3. The number of hydrogen-bond donors (Lipinski definition) is 2. The molecule has 0 saturated carbocycles. The Morgan fingerprint density at radius 2 is 1.76 bits per heavy atom. The fourth-order valence-corrected chi connectivity index (χ4v) is 3.61. The van der Waals surface area contributed by atoms with Crippen LogP contribution in [-0.4, -0.2) is 25.4 Å². The van der Waals surface area contributed by atoms with E-state index in [2.05, 4.69) is 15.0 Å². The van der Waals surface area contributed by atoms with Gasteiger partial charge in [-0.3, -0.25) is 14.5 Å². The number of hydrogen-bond acceptors (Lipinski definition) is 5. The Hall–Kier alpha value is -3.10. The first kappa shape index (κ1) is 20.6. The molecule has 1 amide bonds. The van der Waals surface area contributed by atoms with Crippen LogP contribution in [0.2, 0.25) is 5.02 Å². The molecule has 0 radical (unpaired) electrons. The third-order valence-electron chi connectivity index (χ3n) is 3.86. The highest BCUT2D eigenvalue weighted by atomic mass is 35.5. The largest absolute Gasteiger partial charge is 0.479 e. The summed E-state index contributed by atoms with van der Waals surface area (Å²) in [5.74, 6) is 0.00810. The number of para-hydroxylation sites is 1. The molecule has 0 aliphatic rings. The van der Waals surface area contributed by atoms with E-state index in [1.54, 1.807) is 49.5 Å². The van der Waals surface area contributed by atoms with Crippen LogP contribution >= 0.6 is 11.6 Å². The summed E-state index contributed by atoms with van der Waals surface area (Å²) < 4.78 is 32.8. The van der Waals surface area contributed by atoms with E-state index >= 15 is 0 Å². The highest BCUT2D eigenvalue weighted by Gasteiger charge is 2.18. The number of sulfonamides is 1. The van der Waals surface area contributed by atoms with Gasteiger partial charge in [-0.05, 0) is 55.5 Å². The zero-order chi connectivity index (χ0) is 20.9. The number of aromatic nitrogens is 1. The quantitative estimate of drug-likeness (QED) is 0.590. The lowest BCUT2D eigenvalue weighted by Gasteiger charge is -2.15. The van der Waals surface area contributed by atoms with Gasteiger partial charge in [-0.25, -0.2) is 8.42 Å². The Morgan fingerprint density at radius 1 is 1.03 bits per heavy atom. The molecule has 0 fully saturated rings. The van der Waals surface area contributed by atoms with Gasteiger partial charge in [-0.1, -0.05) is 23.7 Å². The SMILES string of the molecule is CC(Oc1ccccc1Cl)C(=O)Nc1ccc(S(=O)(=O)Nc2cccnc2)cc1. The number of carbonyl (C=O) groups is 1. The van der Waals surface area contributed by atoms with Gasteiger partial charge in [0.1, 0.15) is 5.75 Å². The molecule has 2 aromatic carbocycles. The molecule has 1 unspecified atom stereocenters. The molecule has 1 heterocycles. The Kier molecular flexibility index (Phi) is 6.36. The zero-order valence-corrected chi connectivity index (χ0v) is 16.9. The van der Waals surface area contributed by atoms with Gasteiger partial charge in [0.05, 0.1) is 21.8 Å². The number of benzene rings is 2. The average Bonchev–Trinajstić information content (AvgIpc) is 2.70. The fourth-order valence-electron chi connectivity index (χ4n) is 2.38. The van der Waals surface area contributed by atoms with E-state index in [0.717, 1.165) is 0 Å². The monoisotopic (exact) mass is 431 g/mol. The van der Waals surface area contributed by atoms with Gasteiger partial charge in [0.25, 0.3) is 15.9 Å². The molecule has 29 heavy (non-hydrogen) atoms. The maximum Gasteiger partial charge on any atom is 0.265 e. The van der Waals surface area contributed by atoms with Gasteiger partial charge in [0, 0.05) is 11.9 Å². The normalized spacial score (nSPS) is 12.1. The van der Waals surface area contributed by atoms with E-state index < -0.39 is 22.0 Å². The summed E-state index contributed by atoms with van der Waals surface area (Å²) in [5.41, 5.74) is 0.792. The second kappa shape index (κ2) is 8.93. The van der Waals surface area contributed by atoms with Crippen molar-refractivity contribution in [1.82, 2.24) is 4.98 Å². The third-order valence-corrected chi connectivity index (χ3v) is 5.56. The van der Waals surface area contributed by atoms with Crippen LogP contribution < -0.4 is 14.8 Å². The minimum Gasteiger partial charge on any atom is -0.479 e. The molecule has 1 aromatic heterocycles. The molecule has 0 aliphatic heterocycles. The molecule has 3 rings (SSSR count). The van der Waals surface area contributed by atoms with E-state index in [4.69, 9.17) is 16.3 Å². The van der Waals surface area contributed by atoms with E-state index in [1.165, 1.54) is 30.5 Å². The summed E-state index contributed by atoms with van der Waals surface area (Å²) in [4.78, 5) is 16.3. The zero-order valence-electron chi connectivity index (χ0n) is 15.4. The van der Waals surface area contributed by atoms with Crippen molar-refractivity contribution in [3.05, 3.63) is 78.1 Å². The van der Waals surface area contributed by atoms with Crippen LogP contribution in [0.15, 0.2) is 78.0 Å². The average molecular weight is 432 g/mol. The molecule has 1 atom stereocenters. The molecule has 7 nitrogen and oxygen atoms in total. The van der Waals surface area contributed by atoms with Crippen molar-refractivity contribution in [3.63, 3.8) is 0 Å². The Balaban J connectivity index is 1.64. The van der Waals surface area contributed by atoms with Crippen LogP contribution in [0, 0.1) is 0 Å². The Bertz CT molecular complexity index is 1090. The molecular formula is C20H18ClN3O4S. The second-order valence-corrected chi connectivity index (χ2v) is 8.14. The van der Waals surface area contributed by atoms with Crippen molar-refractivity contribution < 1.29 is 17.9 Å². The number of carbonyl (C=O) groups excluding carboxylic acids is 1. The summed E-state index contributed by atoms with van der Waals surface area (Å²) in [5, 5.41) is 3.08. The van der Waals surface area contributed by atoms with Gasteiger partial charge in [0.2, 0.25) is 0 Å². The summed E-state index contributed by atoms with van der Waals surface area (Å²) in [6, 6.07) is 15.9. The number of ether oxygens (including phenoxy) is 1. The van der Waals surface area contributed by atoms with Gasteiger partial charge in [-0.15, -0.1) is 0 Å². The van der Waals surface area contributed by atoms with E-state index in [0.29, 0.717) is 22.1 Å².